The third-order valence-electron chi connectivity index (χ3n) is 9.80. The van der Waals surface area contributed by atoms with Crippen molar-refractivity contribution in [2.24, 2.45) is 16.7 Å². The number of nitrogens with zero attached hydrogens (tertiary/aromatic N) is 2. The monoisotopic (exact) mass is 460 g/mol. The largest absolute Gasteiger partial charge is 0.492 e. The van der Waals surface area contributed by atoms with Crippen LogP contribution in [0.4, 0.5) is 0 Å². The van der Waals surface area contributed by atoms with Crippen molar-refractivity contribution in [2.45, 2.75) is 122 Å². The molecule has 4 aliphatic rings. The molecule has 0 radical (unpaired) electrons. The summed E-state index contributed by atoms with van der Waals surface area (Å²) in [6.45, 7) is 5.27. The van der Waals surface area contributed by atoms with Gasteiger partial charge in [0, 0.05) is 5.41 Å². The first kappa shape index (κ1) is 25.1. The Kier molecular flexibility index (Phi) is 8.24. The molecule has 3 heteroatoms. The maximum atomic E-state index is 10.0. The highest BCUT2D eigenvalue weighted by Crippen LogP contribution is 2.58. The molecule has 0 unspecified atom stereocenters. The van der Waals surface area contributed by atoms with E-state index in [4.69, 9.17) is 4.74 Å². The predicted molar refractivity (Wildman–Crippen MR) is 138 cm³/mol. The SMILES string of the molecule is CCCCC[C@H]1CC[C@H](c2ccc(OCC34CCC(CCC)(CC3)CC4)c(C#N)c2C#N)CC1. The van der Waals surface area contributed by atoms with E-state index in [9.17, 15) is 10.5 Å². The Morgan fingerprint density at radius 1 is 0.824 bits per heavy atom. The Bertz CT molecular complexity index is 888. The van der Waals surface area contributed by atoms with Crippen molar-refractivity contribution in [1.82, 2.24) is 0 Å². The quantitative estimate of drug-likeness (QED) is 0.328. The zero-order valence-electron chi connectivity index (χ0n) is 21.6. The molecular weight excluding hydrogens is 416 g/mol. The first-order valence-corrected chi connectivity index (χ1v) is 14.2. The highest BCUT2D eigenvalue weighted by molar-refractivity contribution is 5.58. The lowest BCUT2D eigenvalue weighted by atomic mass is 9.53. The van der Waals surface area contributed by atoms with Crippen LogP contribution in [0.3, 0.4) is 0 Å². The fraction of sp³-hybridized carbons (Fsp3) is 0.742. The standard InChI is InChI=1S/C31H44N2O/c1-3-5-6-7-24-8-10-25(11-9-24)26-12-13-29(28(22-33)27(26)21-32)34-23-31-18-15-30(14-4-2,16-19-31)17-20-31/h12-13,24-25H,3-11,14-20,23H2,1-2H3/t24-,25-,30?,31?. The second-order valence-corrected chi connectivity index (χ2v) is 11.9. The lowest BCUT2D eigenvalue weighted by Crippen LogP contribution is -2.44. The average Bonchev–Trinajstić information content (AvgIpc) is 2.88. The fourth-order valence-electron chi connectivity index (χ4n) is 7.43. The molecule has 4 saturated carbocycles. The van der Waals surface area contributed by atoms with Gasteiger partial charge in [0.05, 0.1) is 12.2 Å². The minimum absolute atomic E-state index is 0.268. The summed E-state index contributed by atoms with van der Waals surface area (Å²) in [4.78, 5) is 0. The lowest BCUT2D eigenvalue weighted by Gasteiger charge is -2.53. The molecule has 0 aliphatic heterocycles. The van der Waals surface area contributed by atoms with E-state index >= 15 is 0 Å². The van der Waals surface area contributed by atoms with Crippen LogP contribution in [0.2, 0.25) is 0 Å². The number of hydrogen-bond donors (Lipinski definition) is 0. The number of fused-ring (bicyclic) bond motifs is 3. The van der Waals surface area contributed by atoms with Crippen molar-refractivity contribution in [3.05, 3.63) is 28.8 Å². The fourth-order valence-corrected chi connectivity index (χ4v) is 7.43. The molecule has 34 heavy (non-hydrogen) atoms. The molecule has 3 nitrogen and oxygen atoms in total. The van der Waals surface area contributed by atoms with Gasteiger partial charge in [0.25, 0.3) is 0 Å². The first-order valence-electron chi connectivity index (χ1n) is 14.2. The second kappa shape index (κ2) is 11.2. The normalized spacial score (nSPS) is 30.5. The smallest absolute Gasteiger partial charge is 0.138 e. The summed E-state index contributed by atoms with van der Waals surface area (Å²) in [7, 11) is 0. The van der Waals surface area contributed by atoms with Crippen LogP contribution in [-0.2, 0) is 0 Å². The minimum atomic E-state index is 0.268. The number of rotatable bonds is 10. The molecule has 4 fully saturated rings. The molecule has 0 atom stereocenters. The Morgan fingerprint density at radius 2 is 1.47 bits per heavy atom. The Balaban J connectivity index is 1.41. The van der Waals surface area contributed by atoms with E-state index < -0.39 is 0 Å². The van der Waals surface area contributed by atoms with Crippen LogP contribution in [0.5, 0.6) is 5.75 Å². The molecule has 0 spiro atoms. The molecule has 0 saturated heterocycles. The summed E-state index contributed by atoms with van der Waals surface area (Å²) in [6, 6.07) is 8.82. The zero-order chi connectivity index (χ0) is 24.0. The van der Waals surface area contributed by atoms with Gasteiger partial charge in [-0.05, 0) is 99.5 Å². The van der Waals surface area contributed by atoms with Crippen molar-refractivity contribution in [3.8, 4) is 17.9 Å². The van der Waals surface area contributed by atoms with Gasteiger partial charge in [-0.1, -0.05) is 52.0 Å². The van der Waals surface area contributed by atoms with Crippen LogP contribution in [0.1, 0.15) is 139 Å². The van der Waals surface area contributed by atoms with Crippen molar-refractivity contribution >= 4 is 0 Å². The van der Waals surface area contributed by atoms with E-state index in [1.807, 2.05) is 6.07 Å². The Labute approximate surface area is 207 Å². The van der Waals surface area contributed by atoms with E-state index in [1.54, 1.807) is 0 Å². The number of benzene rings is 1. The molecule has 1 aromatic carbocycles. The van der Waals surface area contributed by atoms with Crippen LogP contribution < -0.4 is 4.74 Å². The summed E-state index contributed by atoms with van der Waals surface area (Å²) in [5.74, 6) is 1.87. The molecule has 0 aromatic heterocycles. The van der Waals surface area contributed by atoms with Crippen molar-refractivity contribution in [3.63, 3.8) is 0 Å². The number of nitriles is 2. The third kappa shape index (κ3) is 5.30. The van der Waals surface area contributed by atoms with Gasteiger partial charge in [0.2, 0.25) is 0 Å². The highest BCUT2D eigenvalue weighted by Gasteiger charge is 2.48. The van der Waals surface area contributed by atoms with Gasteiger partial charge < -0.3 is 4.74 Å². The van der Waals surface area contributed by atoms with Gasteiger partial charge in [-0.25, -0.2) is 0 Å². The van der Waals surface area contributed by atoms with E-state index in [0.717, 1.165) is 24.3 Å². The molecule has 0 N–H and O–H groups in total. The van der Waals surface area contributed by atoms with Gasteiger partial charge in [-0.15, -0.1) is 0 Å². The van der Waals surface area contributed by atoms with Gasteiger partial charge >= 0.3 is 0 Å². The Hall–Kier alpha value is -2.00. The Morgan fingerprint density at radius 3 is 2.06 bits per heavy atom. The highest BCUT2D eigenvalue weighted by atomic mass is 16.5. The number of hydrogen-bond acceptors (Lipinski definition) is 3. The predicted octanol–water partition coefficient (Wildman–Crippen LogP) is 8.80. The molecular formula is C31H44N2O. The summed E-state index contributed by atoms with van der Waals surface area (Å²) >= 11 is 0. The number of unbranched alkanes of at least 4 members (excludes halogenated alkanes) is 2. The van der Waals surface area contributed by atoms with Crippen LogP contribution in [0, 0.1) is 39.4 Å². The molecule has 1 aromatic rings. The van der Waals surface area contributed by atoms with Gasteiger partial charge in [-0.3, -0.25) is 0 Å². The van der Waals surface area contributed by atoms with E-state index in [-0.39, 0.29) is 5.41 Å². The molecule has 0 heterocycles. The van der Waals surface area contributed by atoms with Gasteiger partial charge in [-0.2, -0.15) is 10.5 Å². The lowest BCUT2D eigenvalue weighted by molar-refractivity contribution is -0.0402. The molecule has 0 amide bonds. The van der Waals surface area contributed by atoms with Crippen molar-refractivity contribution in [1.29, 1.82) is 10.5 Å². The topological polar surface area (TPSA) is 56.8 Å². The van der Waals surface area contributed by atoms with Crippen LogP contribution in [0.25, 0.3) is 0 Å². The number of ether oxygens (including phenoxy) is 1. The molecule has 5 rings (SSSR count). The first-order chi connectivity index (χ1) is 16.6. The summed E-state index contributed by atoms with van der Waals surface area (Å²) in [5, 5.41) is 20.0. The van der Waals surface area contributed by atoms with Crippen molar-refractivity contribution in [2.75, 3.05) is 6.61 Å². The molecule has 2 bridgehead atoms. The maximum absolute atomic E-state index is 10.0. The second-order valence-electron chi connectivity index (χ2n) is 11.9. The van der Waals surface area contributed by atoms with Crippen LogP contribution >= 0.6 is 0 Å². The summed E-state index contributed by atoms with van der Waals surface area (Å²) in [6.07, 6.45) is 20.5. The van der Waals surface area contributed by atoms with Crippen LogP contribution in [0.15, 0.2) is 12.1 Å². The maximum Gasteiger partial charge on any atom is 0.138 e. The van der Waals surface area contributed by atoms with Crippen LogP contribution in [-0.4, -0.2) is 6.61 Å². The summed E-state index contributed by atoms with van der Waals surface area (Å²) in [5.41, 5.74) is 2.98. The van der Waals surface area contributed by atoms with E-state index in [2.05, 4.69) is 32.1 Å². The van der Waals surface area contributed by atoms with Crippen molar-refractivity contribution < 1.29 is 4.74 Å². The average molecular weight is 461 g/mol. The molecule has 4 aliphatic carbocycles. The summed E-state index contributed by atoms with van der Waals surface area (Å²) < 4.78 is 6.36. The molecule has 184 valence electrons. The van der Waals surface area contributed by atoms with E-state index in [1.165, 1.54) is 89.9 Å². The van der Waals surface area contributed by atoms with E-state index in [0.29, 0.717) is 34.8 Å². The minimum Gasteiger partial charge on any atom is -0.492 e. The third-order valence-corrected chi connectivity index (χ3v) is 9.80. The van der Waals surface area contributed by atoms with Gasteiger partial charge in [0.15, 0.2) is 0 Å². The zero-order valence-corrected chi connectivity index (χ0v) is 21.6. The van der Waals surface area contributed by atoms with Gasteiger partial charge in [0.1, 0.15) is 23.5 Å².